The quantitative estimate of drug-likeness (QED) is 0.633. The molecule has 1 aliphatic rings. The molecule has 1 N–H and O–H groups in total. The molecule has 0 amide bonds. The standard InChI is InChI=1S/C17H22N4O4S/c1-12-10-15(14-4-3-5-16(21(22)23)17(14)19-12)18-11-13-6-8-20(9-7-13)26(2,24)25/h3-5,10,13H,6-9,11H2,1-2H3,(H,18,19). The van der Waals surface area contributed by atoms with E-state index in [2.05, 4.69) is 10.3 Å². The van der Waals surface area contributed by atoms with E-state index in [-0.39, 0.29) is 5.69 Å². The summed E-state index contributed by atoms with van der Waals surface area (Å²) in [5, 5.41) is 15.4. The number of nitro groups is 1. The molecule has 1 aliphatic heterocycles. The fourth-order valence-electron chi connectivity index (χ4n) is 3.35. The van der Waals surface area contributed by atoms with Crippen molar-refractivity contribution in [3.8, 4) is 0 Å². The van der Waals surface area contributed by atoms with Crippen molar-refractivity contribution in [3.05, 3.63) is 40.1 Å². The van der Waals surface area contributed by atoms with E-state index < -0.39 is 14.9 Å². The molecule has 140 valence electrons. The number of sulfonamides is 1. The number of anilines is 1. The van der Waals surface area contributed by atoms with Crippen LogP contribution in [0.25, 0.3) is 10.9 Å². The molecule has 1 aromatic heterocycles. The number of aromatic nitrogens is 1. The van der Waals surface area contributed by atoms with Crippen LogP contribution in [-0.4, -0.2) is 48.5 Å². The second-order valence-electron chi connectivity index (χ2n) is 6.73. The predicted octanol–water partition coefficient (Wildman–Crippen LogP) is 2.53. The van der Waals surface area contributed by atoms with Gasteiger partial charge in [0.2, 0.25) is 10.0 Å². The smallest absolute Gasteiger partial charge is 0.295 e. The Morgan fingerprint density at radius 2 is 2.04 bits per heavy atom. The first-order valence-corrected chi connectivity index (χ1v) is 10.3. The summed E-state index contributed by atoms with van der Waals surface area (Å²) in [5.74, 6) is 0.357. The number of hydrogen-bond acceptors (Lipinski definition) is 6. The third-order valence-corrected chi connectivity index (χ3v) is 6.07. The number of rotatable bonds is 5. The van der Waals surface area contributed by atoms with Gasteiger partial charge in [-0.3, -0.25) is 10.1 Å². The van der Waals surface area contributed by atoms with Gasteiger partial charge in [-0.1, -0.05) is 12.1 Å². The summed E-state index contributed by atoms with van der Waals surface area (Å²) in [6.45, 7) is 3.57. The van der Waals surface area contributed by atoms with Gasteiger partial charge in [-0.05, 0) is 31.7 Å². The lowest BCUT2D eigenvalue weighted by molar-refractivity contribution is -0.383. The van der Waals surface area contributed by atoms with Crippen LogP contribution >= 0.6 is 0 Å². The van der Waals surface area contributed by atoms with Crippen LogP contribution in [0.1, 0.15) is 18.5 Å². The van der Waals surface area contributed by atoms with Crippen molar-refractivity contribution in [2.24, 2.45) is 5.92 Å². The number of piperidine rings is 1. The molecule has 0 aliphatic carbocycles. The van der Waals surface area contributed by atoms with Crippen LogP contribution in [0.2, 0.25) is 0 Å². The minimum atomic E-state index is -3.12. The highest BCUT2D eigenvalue weighted by Crippen LogP contribution is 2.30. The van der Waals surface area contributed by atoms with E-state index in [1.165, 1.54) is 16.6 Å². The minimum absolute atomic E-state index is 0.00397. The van der Waals surface area contributed by atoms with Gasteiger partial charge in [0.25, 0.3) is 5.69 Å². The first-order valence-electron chi connectivity index (χ1n) is 8.49. The third-order valence-electron chi connectivity index (χ3n) is 4.77. The molecular weight excluding hydrogens is 356 g/mol. The zero-order valence-corrected chi connectivity index (χ0v) is 15.6. The average Bonchev–Trinajstić information content (AvgIpc) is 2.58. The van der Waals surface area contributed by atoms with Gasteiger partial charge in [-0.25, -0.2) is 17.7 Å². The summed E-state index contributed by atoms with van der Waals surface area (Å²) in [4.78, 5) is 15.2. The molecule has 0 unspecified atom stereocenters. The Hall–Kier alpha value is -2.26. The van der Waals surface area contributed by atoms with E-state index in [1.54, 1.807) is 6.07 Å². The van der Waals surface area contributed by atoms with Crippen LogP contribution < -0.4 is 5.32 Å². The summed E-state index contributed by atoms with van der Waals surface area (Å²) in [7, 11) is -3.12. The van der Waals surface area contributed by atoms with Gasteiger partial charge in [0.15, 0.2) is 5.52 Å². The van der Waals surface area contributed by atoms with Crippen molar-refractivity contribution in [1.82, 2.24) is 9.29 Å². The molecule has 1 aromatic carbocycles. The van der Waals surface area contributed by atoms with Gasteiger partial charge in [0.1, 0.15) is 0 Å². The van der Waals surface area contributed by atoms with E-state index >= 15 is 0 Å². The first kappa shape index (κ1) is 18.5. The number of fused-ring (bicyclic) bond motifs is 1. The topological polar surface area (TPSA) is 105 Å². The van der Waals surface area contributed by atoms with Crippen LogP contribution in [0.15, 0.2) is 24.3 Å². The highest BCUT2D eigenvalue weighted by Gasteiger charge is 2.25. The van der Waals surface area contributed by atoms with Crippen LogP contribution in [0.5, 0.6) is 0 Å². The average molecular weight is 378 g/mol. The number of non-ortho nitro benzene ring substituents is 1. The van der Waals surface area contributed by atoms with E-state index in [0.717, 1.165) is 23.9 Å². The number of hydrogen-bond donors (Lipinski definition) is 1. The molecule has 3 rings (SSSR count). The number of benzene rings is 1. The van der Waals surface area contributed by atoms with Crippen molar-refractivity contribution in [2.75, 3.05) is 31.2 Å². The summed E-state index contributed by atoms with van der Waals surface area (Å²) >= 11 is 0. The molecule has 8 nitrogen and oxygen atoms in total. The van der Waals surface area contributed by atoms with Gasteiger partial charge >= 0.3 is 0 Å². The number of aryl methyl sites for hydroxylation is 1. The zero-order valence-electron chi connectivity index (χ0n) is 14.8. The lowest BCUT2D eigenvalue weighted by atomic mass is 9.98. The SMILES string of the molecule is Cc1cc(NCC2CCN(S(C)(=O)=O)CC2)c2cccc([N+](=O)[O-])c2n1. The zero-order chi connectivity index (χ0) is 18.9. The molecule has 1 saturated heterocycles. The Morgan fingerprint density at radius 3 is 2.65 bits per heavy atom. The second-order valence-corrected chi connectivity index (χ2v) is 8.71. The van der Waals surface area contributed by atoms with E-state index in [0.29, 0.717) is 36.8 Å². The summed E-state index contributed by atoms with van der Waals surface area (Å²) < 4.78 is 24.7. The molecule has 0 saturated carbocycles. The van der Waals surface area contributed by atoms with Crippen molar-refractivity contribution in [2.45, 2.75) is 19.8 Å². The van der Waals surface area contributed by atoms with Gasteiger partial charge < -0.3 is 5.32 Å². The van der Waals surface area contributed by atoms with Gasteiger partial charge in [-0.2, -0.15) is 0 Å². The lowest BCUT2D eigenvalue weighted by Crippen LogP contribution is -2.39. The number of nitrogens with zero attached hydrogens (tertiary/aromatic N) is 3. The van der Waals surface area contributed by atoms with E-state index in [1.807, 2.05) is 19.1 Å². The lowest BCUT2D eigenvalue weighted by Gasteiger charge is -2.30. The molecule has 26 heavy (non-hydrogen) atoms. The van der Waals surface area contributed by atoms with E-state index in [4.69, 9.17) is 0 Å². The predicted molar refractivity (Wildman–Crippen MR) is 101 cm³/mol. The van der Waals surface area contributed by atoms with Crippen molar-refractivity contribution in [1.29, 1.82) is 0 Å². The Morgan fingerprint density at radius 1 is 1.35 bits per heavy atom. The maximum atomic E-state index is 11.6. The fourth-order valence-corrected chi connectivity index (χ4v) is 4.23. The summed E-state index contributed by atoms with van der Waals surface area (Å²) in [6.07, 6.45) is 2.83. The molecule has 2 aromatic rings. The maximum absolute atomic E-state index is 11.6. The molecule has 1 fully saturated rings. The second kappa shape index (κ2) is 7.16. The summed E-state index contributed by atoms with van der Waals surface area (Å²) in [6, 6.07) is 6.83. The van der Waals surface area contributed by atoms with Gasteiger partial charge in [0, 0.05) is 42.5 Å². The monoisotopic (exact) mass is 378 g/mol. The maximum Gasteiger partial charge on any atom is 0.295 e. The number of nitro benzene ring substituents is 1. The molecule has 0 bridgehead atoms. The van der Waals surface area contributed by atoms with Crippen molar-refractivity contribution in [3.63, 3.8) is 0 Å². The third kappa shape index (κ3) is 3.94. The number of nitrogens with one attached hydrogen (secondary N) is 1. The Labute approximate surface area is 152 Å². The molecule has 0 atom stereocenters. The van der Waals surface area contributed by atoms with Gasteiger partial charge in [0.05, 0.1) is 11.2 Å². The molecule has 9 heteroatoms. The van der Waals surface area contributed by atoms with Gasteiger partial charge in [-0.15, -0.1) is 0 Å². The molecular formula is C17H22N4O4S. The van der Waals surface area contributed by atoms with Crippen LogP contribution in [-0.2, 0) is 10.0 Å². The Kier molecular flexibility index (Phi) is 5.10. The largest absolute Gasteiger partial charge is 0.384 e. The first-order chi connectivity index (χ1) is 12.3. The summed E-state index contributed by atoms with van der Waals surface area (Å²) in [5.41, 5.74) is 1.91. The molecule has 0 spiro atoms. The van der Waals surface area contributed by atoms with Crippen molar-refractivity contribution < 1.29 is 13.3 Å². The van der Waals surface area contributed by atoms with Crippen LogP contribution in [0.4, 0.5) is 11.4 Å². The normalized spacial score (nSPS) is 16.7. The van der Waals surface area contributed by atoms with Crippen molar-refractivity contribution >= 4 is 32.3 Å². The molecule has 2 heterocycles. The highest BCUT2D eigenvalue weighted by molar-refractivity contribution is 7.88. The number of pyridine rings is 1. The van der Waals surface area contributed by atoms with Crippen LogP contribution in [0, 0.1) is 23.0 Å². The number of para-hydroxylation sites is 1. The van der Waals surface area contributed by atoms with Crippen LogP contribution in [0.3, 0.4) is 0 Å². The Balaban J connectivity index is 1.76. The Bertz CT molecular complexity index is 937. The highest BCUT2D eigenvalue weighted by atomic mass is 32.2. The van der Waals surface area contributed by atoms with E-state index in [9.17, 15) is 18.5 Å². The molecule has 0 radical (unpaired) electrons. The minimum Gasteiger partial charge on any atom is -0.384 e. The fraction of sp³-hybridized carbons (Fsp3) is 0.471.